The molecule has 171 valence electrons. The van der Waals surface area contributed by atoms with E-state index in [1.807, 2.05) is 106 Å². The zero-order valence-electron chi connectivity index (χ0n) is 20.4. The number of hydrogen-bond donors (Lipinski definition) is 0. The summed E-state index contributed by atoms with van der Waals surface area (Å²) >= 11 is 0. The van der Waals surface area contributed by atoms with Gasteiger partial charge in [-0.05, 0) is 0 Å². The summed E-state index contributed by atoms with van der Waals surface area (Å²) in [7, 11) is -4.51. The summed E-state index contributed by atoms with van der Waals surface area (Å²) in [5.41, 5.74) is -2.96. The third kappa shape index (κ3) is 3.36. The van der Waals surface area contributed by atoms with Gasteiger partial charge in [0, 0.05) is 0 Å². The van der Waals surface area contributed by atoms with Crippen LogP contribution in [0, 0.1) is 5.21 Å². The van der Waals surface area contributed by atoms with E-state index in [2.05, 4.69) is 0 Å². The van der Waals surface area contributed by atoms with Crippen molar-refractivity contribution in [2.75, 3.05) is 0 Å². The molecular weight excluding hydrogens is 401 g/mol. The van der Waals surface area contributed by atoms with Crippen molar-refractivity contribution in [2.45, 2.75) is 110 Å². The van der Waals surface area contributed by atoms with Gasteiger partial charge in [-0.25, -0.2) is 0 Å². The van der Waals surface area contributed by atoms with Crippen molar-refractivity contribution in [1.82, 2.24) is 5.06 Å². The Labute approximate surface area is 182 Å². The Morgan fingerprint density at radius 2 is 1.07 bits per heavy atom. The fraction of sp³-hybridized carbons (Fsp3) is 0.739. The summed E-state index contributed by atoms with van der Waals surface area (Å²) in [5.74, 6) is -0.903. The van der Waals surface area contributed by atoms with Crippen molar-refractivity contribution in [1.29, 1.82) is 0 Å². The molecule has 2 aliphatic heterocycles. The predicted octanol–water partition coefficient (Wildman–Crippen LogP) is 6.54. The molecule has 1 aromatic carbocycles. The first kappa shape index (κ1) is 24.1. The summed E-state index contributed by atoms with van der Waals surface area (Å²) < 4.78 is 27.3. The summed E-state index contributed by atoms with van der Waals surface area (Å²) in [5, 5.41) is 15.0. The van der Waals surface area contributed by atoms with E-state index in [1.54, 1.807) is 0 Å². The van der Waals surface area contributed by atoms with Crippen molar-refractivity contribution in [2.24, 2.45) is 0 Å². The molecule has 0 amide bonds. The molecular formula is C23H39NO5P. The van der Waals surface area contributed by atoms with Crippen LogP contribution in [0.3, 0.4) is 0 Å². The van der Waals surface area contributed by atoms with E-state index in [-0.39, 0.29) is 0 Å². The predicted molar refractivity (Wildman–Crippen MR) is 122 cm³/mol. The molecule has 0 N–H and O–H groups in total. The van der Waals surface area contributed by atoms with Gasteiger partial charge in [-0.3, -0.25) is 0 Å². The van der Waals surface area contributed by atoms with E-state index in [1.165, 1.54) is 0 Å². The monoisotopic (exact) mass is 440 g/mol. The van der Waals surface area contributed by atoms with E-state index < -0.39 is 41.2 Å². The second kappa shape index (κ2) is 6.48. The van der Waals surface area contributed by atoms with Gasteiger partial charge in [0.25, 0.3) is 0 Å². The standard InChI is InChI=1S/C23H39NO5P/c1-19(2,3)24(25)18(17-15-13-12-14-16-17)30(26-20(4,5)21(6,7)27-30)28-22(8,9)23(10,11)29-30/h12-16,18H,1-11H3. The van der Waals surface area contributed by atoms with Gasteiger partial charge in [0.15, 0.2) is 0 Å². The Hall–Kier alpha value is -0.590. The van der Waals surface area contributed by atoms with Gasteiger partial charge in [-0.15, -0.1) is 0 Å². The SMILES string of the molecule is CC(C)(C)[N+]([O-])C(c1ccccc1)P12(OC(C)(C)C(C)(C)O1)OC(C)(C)C(C)(C)O2. The fourth-order valence-corrected chi connectivity index (χ4v) is 10.1. The van der Waals surface area contributed by atoms with Crippen LogP contribution >= 0.6 is 7.51 Å². The maximum atomic E-state index is 14.0. The van der Waals surface area contributed by atoms with Crippen LogP contribution in [0.4, 0.5) is 0 Å². The van der Waals surface area contributed by atoms with Crippen LogP contribution in [0.1, 0.15) is 87.5 Å². The molecule has 7 heteroatoms. The van der Waals surface area contributed by atoms with Crippen molar-refractivity contribution in [3.8, 4) is 0 Å². The Balaban J connectivity index is 2.37. The molecule has 1 radical (unpaired) electrons. The molecule has 0 bridgehead atoms. The van der Waals surface area contributed by atoms with Crippen molar-refractivity contribution >= 4 is 7.51 Å². The van der Waals surface area contributed by atoms with Crippen molar-refractivity contribution in [3.05, 3.63) is 41.1 Å². The molecule has 2 heterocycles. The number of hydrogen-bond acceptors (Lipinski definition) is 6. The number of hydroxylamine groups is 2. The molecule has 3 rings (SSSR count). The summed E-state index contributed by atoms with van der Waals surface area (Å²) in [6.45, 7) is 21.4. The normalized spacial score (nSPS) is 30.1. The molecule has 1 aromatic rings. The molecule has 6 nitrogen and oxygen atoms in total. The maximum absolute atomic E-state index is 14.0. The Kier molecular flexibility index (Phi) is 5.19. The Morgan fingerprint density at radius 1 is 0.733 bits per heavy atom. The molecule has 0 saturated carbocycles. The quantitative estimate of drug-likeness (QED) is 0.303. The third-order valence-corrected chi connectivity index (χ3v) is 11.3. The van der Waals surface area contributed by atoms with Crippen LogP contribution in [-0.4, -0.2) is 27.9 Å². The number of rotatable bonds is 3. The molecule has 2 aliphatic rings. The van der Waals surface area contributed by atoms with Crippen molar-refractivity contribution in [3.63, 3.8) is 0 Å². The minimum atomic E-state index is -4.51. The van der Waals surface area contributed by atoms with E-state index in [0.29, 0.717) is 0 Å². The molecule has 0 aliphatic carbocycles. The average Bonchev–Trinajstić information content (AvgIpc) is 2.77. The first-order chi connectivity index (χ1) is 13.3. The van der Waals surface area contributed by atoms with Gasteiger partial charge in [0.1, 0.15) is 0 Å². The summed E-state index contributed by atoms with van der Waals surface area (Å²) in [6, 6.07) is 9.57. The zero-order chi connectivity index (χ0) is 23.0. The van der Waals surface area contributed by atoms with E-state index in [0.717, 1.165) is 10.6 Å². The van der Waals surface area contributed by atoms with E-state index in [4.69, 9.17) is 18.1 Å². The number of nitrogens with zero attached hydrogens (tertiary/aromatic N) is 1. The first-order valence-electron chi connectivity index (χ1n) is 10.7. The van der Waals surface area contributed by atoms with Crippen LogP contribution in [0.5, 0.6) is 0 Å². The summed E-state index contributed by atoms with van der Waals surface area (Å²) in [6.07, 6.45) is 0. The Bertz CT molecular complexity index is 737. The summed E-state index contributed by atoms with van der Waals surface area (Å²) in [4.78, 5) is 0. The first-order valence-corrected chi connectivity index (χ1v) is 12.6. The fourth-order valence-electron chi connectivity index (χ4n) is 3.94. The minimum absolute atomic E-state index is 0.736. The van der Waals surface area contributed by atoms with Crippen LogP contribution in [0.2, 0.25) is 0 Å². The molecule has 2 saturated heterocycles. The van der Waals surface area contributed by atoms with Crippen LogP contribution in [-0.2, 0) is 18.1 Å². The molecule has 0 aromatic heterocycles. The second-order valence-corrected chi connectivity index (χ2v) is 14.5. The van der Waals surface area contributed by atoms with Gasteiger partial charge in [-0.2, -0.15) is 0 Å². The van der Waals surface area contributed by atoms with Crippen LogP contribution in [0.15, 0.2) is 30.3 Å². The van der Waals surface area contributed by atoms with Crippen LogP contribution < -0.4 is 5.06 Å². The van der Waals surface area contributed by atoms with Gasteiger partial charge in [-0.1, -0.05) is 0 Å². The molecule has 30 heavy (non-hydrogen) atoms. The molecule has 1 atom stereocenters. The van der Waals surface area contributed by atoms with Crippen molar-refractivity contribution < 1.29 is 18.1 Å². The molecule has 1 unspecified atom stereocenters. The topological polar surface area (TPSA) is 65.9 Å². The van der Waals surface area contributed by atoms with E-state index in [9.17, 15) is 5.21 Å². The van der Waals surface area contributed by atoms with Gasteiger partial charge >= 0.3 is 182 Å². The zero-order valence-corrected chi connectivity index (χ0v) is 21.3. The molecule has 2 fully saturated rings. The average molecular weight is 441 g/mol. The Morgan fingerprint density at radius 3 is 1.37 bits per heavy atom. The van der Waals surface area contributed by atoms with Gasteiger partial charge < -0.3 is 0 Å². The number of benzene rings is 1. The van der Waals surface area contributed by atoms with Gasteiger partial charge in [0.2, 0.25) is 0 Å². The van der Waals surface area contributed by atoms with E-state index >= 15 is 0 Å². The van der Waals surface area contributed by atoms with Crippen LogP contribution in [0.25, 0.3) is 0 Å². The molecule has 1 spiro atoms. The third-order valence-electron chi connectivity index (χ3n) is 6.85. The van der Waals surface area contributed by atoms with Gasteiger partial charge in [0.05, 0.1) is 0 Å². The second-order valence-electron chi connectivity index (χ2n) is 11.6.